The zero-order chi connectivity index (χ0) is 14.0. The topological polar surface area (TPSA) is 80.9 Å². The van der Waals surface area contributed by atoms with Crippen molar-refractivity contribution >= 4 is 17.3 Å². The van der Waals surface area contributed by atoms with Gasteiger partial charge in [0.15, 0.2) is 0 Å². The van der Waals surface area contributed by atoms with E-state index in [9.17, 15) is 4.79 Å². The number of nitrogens with zero attached hydrogens (tertiary/aromatic N) is 2. The molecule has 1 aromatic carbocycles. The van der Waals surface area contributed by atoms with Crippen LogP contribution in [0.5, 0.6) is 0 Å². The van der Waals surface area contributed by atoms with Crippen molar-refractivity contribution in [2.75, 3.05) is 11.1 Å². The van der Waals surface area contributed by atoms with Gasteiger partial charge in [-0.3, -0.25) is 9.78 Å². The largest absolute Gasteiger partial charge is 0.398 e. The minimum absolute atomic E-state index is 0.282. The van der Waals surface area contributed by atoms with Crippen molar-refractivity contribution in [3.63, 3.8) is 0 Å². The summed E-state index contributed by atoms with van der Waals surface area (Å²) in [5, 5.41) is 2.79. The monoisotopic (exact) mass is 256 g/mol. The van der Waals surface area contributed by atoms with Crippen molar-refractivity contribution < 1.29 is 4.79 Å². The predicted molar refractivity (Wildman–Crippen MR) is 75.1 cm³/mol. The van der Waals surface area contributed by atoms with Gasteiger partial charge in [-0.1, -0.05) is 6.07 Å². The minimum atomic E-state index is -0.293. The van der Waals surface area contributed by atoms with E-state index in [0.717, 1.165) is 16.8 Å². The van der Waals surface area contributed by atoms with Crippen LogP contribution in [0.1, 0.15) is 27.3 Å². The molecule has 0 saturated heterocycles. The number of anilines is 2. The van der Waals surface area contributed by atoms with Gasteiger partial charge in [-0.05, 0) is 38.0 Å². The van der Waals surface area contributed by atoms with Crippen LogP contribution in [0, 0.1) is 20.8 Å². The van der Waals surface area contributed by atoms with Gasteiger partial charge in [0.1, 0.15) is 5.69 Å². The Morgan fingerprint density at radius 3 is 2.47 bits per heavy atom. The van der Waals surface area contributed by atoms with Crippen LogP contribution in [0.25, 0.3) is 0 Å². The zero-order valence-corrected chi connectivity index (χ0v) is 11.2. The summed E-state index contributed by atoms with van der Waals surface area (Å²) in [6.07, 6.45) is 3.02. The lowest BCUT2D eigenvalue weighted by atomic mass is 10.1. The van der Waals surface area contributed by atoms with Gasteiger partial charge in [0.05, 0.1) is 11.9 Å². The Bertz CT molecular complexity index is 620. The molecule has 0 atom stereocenters. The minimum Gasteiger partial charge on any atom is -0.398 e. The molecule has 0 saturated carbocycles. The van der Waals surface area contributed by atoms with E-state index in [1.807, 2.05) is 26.8 Å². The van der Waals surface area contributed by atoms with Crippen molar-refractivity contribution in [2.24, 2.45) is 0 Å². The summed E-state index contributed by atoms with van der Waals surface area (Å²) in [6.45, 7) is 5.67. The number of nitrogen functional groups attached to an aromatic ring is 1. The third-order valence-electron chi connectivity index (χ3n) is 2.87. The fourth-order valence-electron chi connectivity index (χ4n) is 1.70. The molecule has 0 aliphatic heterocycles. The van der Waals surface area contributed by atoms with Gasteiger partial charge in [0.2, 0.25) is 0 Å². The Labute approximate surface area is 111 Å². The Kier molecular flexibility index (Phi) is 3.46. The second-order valence-electron chi connectivity index (χ2n) is 4.52. The number of hydrogen-bond donors (Lipinski definition) is 2. The van der Waals surface area contributed by atoms with Crippen molar-refractivity contribution in [3.05, 3.63) is 47.0 Å². The van der Waals surface area contributed by atoms with Gasteiger partial charge >= 0.3 is 0 Å². The van der Waals surface area contributed by atoms with E-state index in [-0.39, 0.29) is 11.6 Å². The van der Waals surface area contributed by atoms with Gasteiger partial charge in [-0.15, -0.1) is 0 Å². The summed E-state index contributed by atoms with van der Waals surface area (Å²) in [6, 6.07) is 3.69. The lowest BCUT2D eigenvalue weighted by Gasteiger charge is -2.10. The Morgan fingerprint density at radius 2 is 1.84 bits per heavy atom. The Morgan fingerprint density at radius 1 is 1.11 bits per heavy atom. The van der Waals surface area contributed by atoms with E-state index in [1.54, 1.807) is 12.3 Å². The number of nitrogens with two attached hydrogens (primary N) is 1. The molecule has 0 unspecified atom stereocenters. The van der Waals surface area contributed by atoms with Crippen LogP contribution in [-0.2, 0) is 0 Å². The van der Waals surface area contributed by atoms with Crippen LogP contribution in [-0.4, -0.2) is 15.9 Å². The molecule has 2 aromatic rings. The molecule has 5 heteroatoms. The second-order valence-corrected chi connectivity index (χ2v) is 4.52. The Hall–Kier alpha value is -2.43. The first-order valence-electron chi connectivity index (χ1n) is 5.94. The normalized spacial score (nSPS) is 10.3. The molecule has 0 bridgehead atoms. The molecule has 1 heterocycles. The second kappa shape index (κ2) is 5.06. The fraction of sp³-hybridized carbons (Fsp3) is 0.214. The number of aryl methyl sites for hydroxylation is 3. The smallest absolute Gasteiger partial charge is 0.275 e. The molecule has 98 valence electrons. The summed E-state index contributed by atoms with van der Waals surface area (Å²) in [5.74, 6) is -0.293. The van der Waals surface area contributed by atoms with E-state index in [4.69, 9.17) is 5.73 Å². The van der Waals surface area contributed by atoms with Crippen molar-refractivity contribution in [2.45, 2.75) is 20.8 Å². The average Bonchev–Trinajstić information content (AvgIpc) is 2.36. The molecule has 19 heavy (non-hydrogen) atoms. The Balaban J connectivity index is 2.24. The van der Waals surface area contributed by atoms with Crippen LogP contribution < -0.4 is 11.1 Å². The van der Waals surface area contributed by atoms with Gasteiger partial charge < -0.3 is 11.1 Å². The predicted octanol–water partition coefficient (Wildman–Crippen LogP) is 2.24. The van der Waals surface area contributed by atoms with E-state index in [2.05, 4.69) is 15.3 Å². The lowest BCUT2D eigenvalue weighted by molar-refractivity contribution is 0.102. The average molecular weight is 256 g/mol. The highest BCUT2D eigenvalue weighted by Crippen LogP contribution is 2.22. The summed E-state index contributed by atoms with van der Waals surface area (Å²) in [4.78, 5) is 20.1. The summed E-state index contributed by atoms with van der Waals surface area (Å²) < 4.78 is 0. The number of amides is 1. The lowest BCUT2D eigenvalue weighted by Crippen LogP contribution is -2.15. The highest BCUT2D eigenvalue weighted by molar-refractivity contribution is 6.03. The number of nitrogens with one attached hydrogen (secondary N) is 1. The number of carbonyl (C=O) groups is 1. The third-order valence-corrected chi connectivity index (χ3v) is 2.87. The first-order valence-corrected chi connectivity index (χ1v) is 5.94. The zero-order valence-electron chi connectivity index (χ0n) is 11.2. The van der Waals surface area contributed by atoms with Crippen LogP contribution >= 0.6 is 0 Å². The van der Waals surface area contributed by atoms with E-state index in [1.165, 1.54) is 6.20 Å². The number of aromatic nitrogens is 2. The molecule has 0 radical (unpaired) electrons. The number of hydrogen-bond acceptors (Lipinski definition) is 4. The van der Waals surface area contributed by atoms with Gasteiger partial charge in [0, 0.05) is 17.6 Å². The van der Waals surface area contributed by atoms with Crippen molar-refractivity contribution in [1.82, 2.24) is 9.97 Å². The van der Waals surface area contributed by atoms with Crippen molar-refractivity contribution in [3.8, 4) is 0 Å². The SMILES string of the molecule is Cc1cnc(C(=O)Nc2cc(N)c(C)cc2C)cn1. The van der Waals surface area contributed by atoms with Crippen molar-refractivity contribution in [1.29, 1.82) is 0 Å². The van der Waals surface area contributed by atoms with Gasteiger partial charge in [-0.2, -0.15) is 0 Å². The molecule has 0 aliphatic rings. The first-order chi connectivity index (χ1) is 8.97. The van der Waals surface area contributed by atoms with E-state index in [0.29, 0.717) is 11.4 Å². The maximum absolute atomic E-state index is 12.0. The molecule has 0 fully saturated rings. The molecule has 5 nitrogen and oxygen atoms in total. The molecular weight excluding hydrogens is 240 g/mol. The van der Waals surface area contributed by atoms with Crippen LogP contribution in [0.2, 0.25) is 0 Å². The quantitative estimate of drug-likeness (QED) is 0.807. The summed E-state index contributed by atoms with van der Waals surface area (Å²) in [5.41, 5.74) is 10.2. The number of rotatable bonds is 2. The van der Waals surface area contributed by atoms with Gasteiger partial charge in [0.25, 0.3) is 5.91 Å². The van der Waals surface area contributed by atoms with E-state index < -0.39 is 0 Å². The summed E-state index contributed by atoms with van der Waals surface area (Å²) in [7, 11) is 0. The molecular formula is C14H16N4O. The highest BCUT2D eigenvalue weighted by Gasteiger charge is 2.10. The standard InChI is InChI=1S/C14H16N4O/c1-8-4-9(2)12(5-11(8)15)18-14(19)13-7-16-10(3)6-17-13/h4-7H,15H2,1-3H3,(H,18,19). The number of carbonyl (C=O) groups excluding carboxylic acids is 1. The fourth-order valence-corrected chi connectivity index (χ4v) is 1.70. The van der Waals surface area contributed by atoms with Crippen LogP contribution in [0.4, 0.5) is 11.4 Å². The molecule has 0 aliphatic carbocycles. The van der Waals surface area contributed by atoms with Gasteiger partial charge in [-0.25, -0.2) is 4.98 Å². The molecule has 1 aromatic heterocycles. The molecule has 0 spiro atoms. The number of benzene rings is 1. The summed E-state index contributed by atoms with van der Waals surface area (Å²) >= 11 is 0. The highest BCUT2D eigenvalue weighted by atomic mass is 16.1. The first kappa shape index (κ1) is 13.0. The van der Waals surface area contributed by atoms with E-state index >= 15 is 0 Å². The molecule has 2 rings (SSSR count). The maximum atomic E-state index is 12.0. The molecule has 3 N–H and O–H groups in total. The maximum Gasteiger partial charge on any atom is 0.275 e. The third kappa shape index (κ3) is 2.88. The van der Waals surface area contributed by atoms with Crippen LogP contribution in [0.3, 0.4) is 0 Å². The van der Waals surface area contributed by atoms with Crippen LogP contribution in [0.15, 0.2) is 24.5 Å². The molecule has 1 amide bonds.